The third-order valence-electron chi connectivity index (χ3n) is 4.88. The lowest BCUT2D eigenvalue weighted by Gasteiger charge is -2.29. The number of nitrogens with two attached hydrogens (primary N) is 1. The summed E-state index contributed by atoms with van der Waals surface area (Å²) in [6, 6.07) is 4.16. The molecule has 1 aliphatic heterocycles. The molecule has 2 heterocycles. The number of aromatic nitrogens is 1. The molecule has 2 N–H and O–H groups in total. The summed E-state index contributed by atoms with van der Waals surface area (Å²) in [7, 11) is 3.51. The highest BCUT2D eigenvalue weighted by molar-refractivity contribution is 5.93. The maximum atomic E-state index is 11.9. The van der Waals surface area contributed by atoms with Crippen LogP contribution in [0.15, 0.2) is 18.3 Å². The second kappa shape index (κ2) is 5.64. The fourth-order valence-electron chi connectivity index (χ4n) is 3.66. The highest BCUT2D eigenvalue weighted by atomic mass is 16.2. The van der Waals surface area contributed by atoms with Crippen molar-refractivity contribution in [3.63, 3.8) is 0 Å². The van der Waals surface area contributed by atoms with Gasteiger partial charge in [0.15, 0.2) is 0 Å². The van der Waals surface area contributed by atoms with Crippen LogP contribution in [-0.4, -0.2) is 49.0 Å². The number of hydrogen-bond acceptors (Lipinski definition) is 4. The van der Waals surface area contributed by atoms with Gasteiger partial charge in [-0.2, -0.15) is 0 Å². The standard InChI is InChI=1S/C16H24N4O/c1-19(2)16(21)11-6-7-15(18-8-11)20-9-12-4-3-5-14(17)13(12)10-20/h6-8,12-14H,3-5,9-10,17H2,1-2H3. The first-order valence-corrected chi connectivity index (χ1v) is 7.74. The zero-order chi connectivity index (χ0) is 15.0. The molecule has 1 saturated carbocycles. The number of amides is 1. The lowest BCUT2D eigenvalue weighted by molar-refractivity contribution is 0.0827. The molecule has 21 heavy (non-hydrogen) atoms. The Labute approximate surface area is 126 Å². The number of carbonyl (C=O) groups excluding carboxylic acids is 1. The van der Waals surface area contributed by atoms with Crippen molar-refractivity contribution in [1.82, 2.24) is 9.88 Å². The molecule has 114 valence electrons. The van der Waals surface area contributed by atoms with Gasteiger partial charge in [0.2, 0.25) is 0 Å². The van der Waals surface area contributed by atoms with Crippen LogP contribution in [0, 0.1) is 11.8 Å². The summed E-state index contributed by atoms with van der Waals surface area (Å²) in [6.45, 7) is 2.05. The Morgan fingerprint density at radius 3 is 2.76 bits per heavy atom. The Morgan fingerprint density at radius 1 is 1.33 bits per heavy atom. The molecule has 1 aliphatic carbocycles. The lowest BCUT2D eigenvalue weighted by atomic mass is 9.78. The zero-order valence-corrected chi connectivity index (χ0v) is 12.8. The minimum atomic E-state index is -0.00818. The molecule has 0 bridgehead atoms. The van der Waals surface area contributed by atoms with E-state index in [0.717, 1.165) is 25.3 Å². The summed E-state index contributed by atoms with van der Waals surface area (Å²) in [4.78, 5) is 20.3. The van der Waals surface area contributed by atoms with Gasteiger partial charge >= 0.3 is 0 Å². The van der Waals surface area contributed by atoms with Crippen molar-refractivity contribution < 1.29 is 4.79 Å². The van der Waals surface area contributed by atoms with Crippen LogP contribution in [0.4, 0.5) is 5.82 Å². The van der Waals surface area contributed by atoms with E-state index in [4.69, 9.17) is 5.73 Å². The molecule has 1 aromatic heterocycles. The average Bonchev–Trinajstić information content (AvgIpc) is 2.92. The number of anilines is 1. The third-order valence-corrected chi connectivity index (χ3v) is 4.88. The summed E-state index contributed by atoms with van der Waals surface area (Å²) in [5.74, 6) is 2.26. The molecule has 1 saturated heterocycles. The predicted octanol–water partition coefficient (Wildman–Crippen LogP) is 1.35. The van der Waals surface area contributed by atoms with Crippen LogP contribution in [0.25, 0.3) is 0 Å². The van der Waals surface area contributed by atoms with Gasteiger partial charge in [0.1, 0.15) is 5.82 Å². The predicted molar refractivity (Wildman–Crippen MR) is 83.3 cm³/mol. The van der Waals surface area contributed by atoms with Crippen LogP contribution in [0.2, 0.25) is 0 Å². The van der Waals surface area contributed by atoms with Crippen molar-refractivity contribution in [2.45, 2.75) is 25.3 Å². The third kappa shape index (κ3) is 2.75. The Hall–Kier alpha value is -1.62. The normalized spacial score (nSPS) is 28.3. The van der Waals surface area contributed by atoms with Gasteiger partial charge in [-0.3, -0.25) is 4.79 Å². The number of hydrogen-bond donors (Lipinski definition) is 1. The van der Waals surface area contributed by atoms with E-state index in [2.05, 4.69) is 9.88 Å². The summed E-state index contributed by atoms with van der Waals surface area (Å²) in [5, 5.41) is 0. The Kier molecular flexibility index (Phi) is 3.85. The molecule has 1 amide bonds. The largest absolute Gasteiger partial charge is 0.356 e. The van der Waals surface area contributed by atoms with Gasteiger partial charge in [0, 0.05) is 39.4 Å². The van der Waals surface area contributed by atoms with Gasteiger partial charge in [0.05, 0.1) is 5.56 Å². The van der Waals surface area contributed by atoms with Crippen molar-refractivity contribution in [3.05, 3.63) is 23.9 Å². The van der Waals surface area contributed by atoms with E-state index in [-0.39, 0.29) is 5.91 Å². The average molecular weight is 288 g/mol. The monoisotopic (exact) mass is 288 g/mol. The van der Waals surface area contributed by atoms with Crippen molar-refractivity contribution in [1.29, 1.82) is 0 Å². The van der Waals surface area contributed by atoms with Crippen molar-refractivity contribution in [2.75, 3.05) is 32.1 Å². The minimum Gasteiger partial charge on any atom is -0.356 e. The highest BCUT2D eigenvalue weighted by Gasteiger charge is 2.39. The van der Waals surface area contributed by atoms with Crippen LogP contribution >= 0.6 is 0 Å². The molecular weight excluding hydrogens is 264 g/mol. The molecule has 2 fully saturated rings. The van der Waals surface area contributed by atoms with Gasteiger partial charge in [-0.05, 0) is 36.8 Å². The molecule has 0 aromatic carbocycles. The lowest BCUT2D eigenvalue weighted by Crippen LogP contribution is -2.38. The van der Waals surface area contributed by atoms with Crippen LogP contribution in [0.5, 0.6) is 0 Å². The maximum Gasteiger partial charge on any atom is 0.254 e. The Balaban J connectivity index is 1.72. The van der Waals surface area contributed by atoms with Crippen LogP contribution < -0.4 is 10.6 Å². The van der Waals surface area contributed by atoms with Crippen molar-refractivity contribution in [3.8, 4) is 0 Å². The van der Waals surface area contributed by atoms with Gasteiger partial charge in [-0.1, -0.05) is 6.42 Å². The van der Waals surface area contributed by atoms with Gasteiger partial charge in [-0.15, -0.1) is 0 Å². The highest BCUT2D eigenvalue weighted by Crippen LogP contribution is 2.36. The molecule has 2 aliphatic rings. The van der Waals surface area contributed by atoms with E-state index in [1.807, 2.05) is 12.1 Å². The van der Waals surface area contributed by atoms with Crippen molar-refractivity contribution >= 4 is 11.7 Å². The molecule has 0 spiro atoms. The van der Waals surface area contributed by atoms with Crippen LogP contribution in [0.3, 0.4) is 0 Å². The fraction of sp³-hybridized carbons (Fsp3) is 0.625. The summed E-state index contributed by atoms with van der Waals surface area (Å²) >= 11 is 0. The van der Waals surface area contributed by atoms with Gasteiger partial charge < -0.3 is 15.5 Å². The first-order chi connectivity index (χ1) is 10.1. The second-order valence-corrected chi connectivity index (χ2v) is 6.53. The van der Waals surface area contributed by atoms with E-state index in [9.17, 15) is 4.79 Å². The molecule has 3 rings (SSSR count). The van der Waals surface area contributed by atoms with E-state index < -0.39 is 0 Å². The van der Waals surface area contributed by atoms with E-state index >= 15 is 0 Å². The minimum absolute atomic E-state index is 0.00818. The SMILES string of the molecule is CN(C)C(=O)c1ccc(N2CC3CCCC(N)C3C2)nc1. The number of rotatable bonds is 2. The maximum absolute atomic E-state index is 11.9. The molecule has 1 aromatic rings. The quantitative estimate of drug-likeness (QED) is 0.892. The molecule has 5 nitrogen and oxygen atoms in total. The van der Waals surface area contributed by atoms with Crippen LogP contribution in [0.1, 0.15) is 29.6 Å². The van der Waals surface area contributed by atoms with E-state index in [1.54, 1.807) is 25.2 Å². The fourth-order valence-corrected chi connectivity index (χ4v) is 3.66. The van der Waals surface area contributed by atoms with Gasteiger partial charge in [-0.25, -0.2) is 4.98 Å². The number of fused-ring (bicyclic) bond motifs is 1. The molecule has 5 heteroatoms. The molecule has 3 unspecified atom stereocenters. The first kappa shape index (κ1) is 14.3. The van der Waals surface area contributed by atoms with Crippen LogP contribution in [-0.2, 0) is 0 Å². The number of pyridine rings is 1. The smallest absolute Gasteiger partial charge is 0.254 e. The zero-order valence-electron chi connectivity index (χ0n) is 12.8. The Morgan fingerprint density at radius 2 is 2.14 bits per heavy atom. The molecule has 3 atom stereocenters. The topological polar surface area (TPSA) is 62.5 Å². The molecular formula is C16H24N4O. The summed E-state index contributed by atoms with van der Waals surface area (Å²) in [6.07, 6.45) is 5.37. The van der Waals surface area contributed by atoms with Gasteiger partial charge in [0.25, 0.3) is 5.91 Å². The van der Waals surface area contributed by atoms with E-state index in [0.29, 0.717) is 23.4 Å². The second-order valence-electron chi connectivity index (χ2n) is 6.53. The van der Waals surface area contributed by atoms with Crippen molar-refractivity contribution in [2.24, 2.45) is 17.6 Å². The number of nitrogens with zero attached hydrogens (tertiary/aromatic N) is 3. The van der Waals surface area contributed by atoms with E-state index in [1.165, 1.54) is 12.8 Å². The summed E-state index contributed by atoms with van der Waals surface area (Å²) < 4.78 is 0. The first-order valence-electron chi connectivity index (χ1n) is 7.74. The molecule has 0 radical (unpaired) electrons. The summed E-state index contributed by atoms with van der Waals surface area (Å²) in [5.41, 5.74) is 6.90. The Bertz CT molecular complexity index is 514. The number of carbonyl (C=O) groups is 1.